The highest BCUT2D eigenvalue weighted by atomic mass is 15.2. The lowest BCUT2D eigenvalue weighted by atomic mass is 10.1. The third kappa shape index (κ3) is 2.22. The number of hydrogen-bond donors (Lipinski definition) is 3. The maximum absolute atomic E-state index is 8.76. The molecule has 0 saturated carbocycles. The molecule has 0 bridgehead atoms. The number of likely N-dealkylation sites (tertiary alicyclic amines) is 1. The summed E-state index contributed by atoms with van der Waals surface area (Å²) in [5.41, 5.74) is 5.25. The maximum Gasteiger partial charge on any atom is 0.160 e. The van der Waals surface area contributed by atoms with Crippen LogP contribution in [-0.2, 0) is 0 Å². The first-order chi connectivity index (χ1) is 6.66. The van der Waals surface area contributed by atoms with Crippen molar-refractivity contribution >= 4 is 11.7 Å². The van der Waals surface area contributed by atoms with Crippen molar-refractivity contribution < 1.29 is 0 Å². The van der Waals surface area contributed by atoms with Crippen LogP contribution < -0.4 is 5.73 Å². The molecule has 0 spiro atoms. The van der Waals surface area contributed by atoms with Crippen LogP contribution in [0.1, 0.15) is 19.3 Å². The zero-order valence-corrected chi connectivity index (χ0v) is 8.08. The topological polar surface area (TPSA) is 101 Å². The van der Waals surface area contributed by atoms with E-state index in [9.17, 15) is 0 Å². The molecule has 1 rings (SSSR count). The molecule has 4 N–H and O–H groups in total. The molecule has 1 saturated heterocycles. The Bertz CT molecular complexity index is 271. The van der Waals surface area contributed by atoms with Crippen LogP contribution in [0.5, 0.6) is 0 Å². The molecule has 1 unspecified atom stereocenters. The summed E-state index contributed by atoms with van der Waals surface area (Å²) >= 11 is 0. The average molecular weight is 193 g/mol. The summed E-state index contributed by atoms with van der Waals surface area (Å²) in [5.74, 6) is -0.920. The molecule has 1 atom stereocenters. The molecular formula is C9H15N5. The van der Waals surface area contributed by atoms with Gasteiger partial charge in [0.05, 0.1) is 6.07 Å². The highest BCUT2D eigenvalue weighted by Crippen LogP contribution is 2.12. The summed E-state index contributed by atoms with van der Waals surface area (Å²) in [4.78, 5) is 1.85. The van der Waals surface area contributed by atoms with Gasteiger partial charge in [0.2, 0.25) is 0 Å². The van der Waals surface area contributed by atoms with Gasteiger partial charge in [-0.25, -0.2) is 0 Å². The number of hydrogen-bond acceptors (Lipinski definition) is 3. The zero-order chi connectivity index (χ0) is 10.6. The van der Waals surface area contributed by atoms with Gasteiger partial charge in [-0.2, -0.15) is 5.26 Å². The third-order valence-electron chi connectivity index (χ3n) is 2.41. The summed E-state index contributed by atoms with van der Waals surface area (Å²) < 4.78 is 0. The van der Waals surface area contributed by atoms with Crippen LogP contribution >= 0.6 is 0 Å². The zero-order valence-electron chi connectivity index (χ0n) is 8.08. The normalized spacial score (nSPS) is 18.4. The minimum Gasteiger partial charge on any atom is -0.386 e. The third-order valence-corrected chi connectivity index (χ3v) is 2.41. The highest BCUT2D eigenvalue weighted by Gasteiger charge is 2.23. The lowest BCUT2D eigenvalue weighted by molar-refractivity contribution is 0.333. The molecule has 5 nitrogen and oxygen atoms in total. The van der Waals surface area contributed by atoms with Crippen LogP contribution in [0.25, 0.3) is 0 Å². The molecule has 0 amide bonds. The summed E-state index contributed by atoms with van der Waals surface area (Å²) in [6, 6.07) is 1.88. The van der Waals surface area contributed by atoms with Gasteiger partial charge in [-0.15, -0.1) is 0 Å². The van der Waals surface area contributed by atoms with Crippen molar-refractivity contribution in [3.05, 3.63) is 0 Å². The van der Waals surface area contributed by atoms with Crippen molar-refractivity contribution in [2.75, 3.05) is 13.1 Å². The van der Waals surface area contributed by atoms with Crippen molar-refractivity contribution in [3.63, 3.8) is 0 Å². The lowest BCUT2D eigenvalue weighted by Gasteiger charge is -2.30. The minimum atomic E-state index is -0.868. The smallest absolute Gasteiger partial charge is 0.160 e. The predicted molar refractivity (Wildman–Crippen MR) is 54.2 cm³/mol. The van der Waals surface area contributed by atoms with Crippen LogP contribution in [0.3, 0.4) is 0 Å². The minimum absolute atomic E-state index is 0.180. The van der Waals surface area contributed by atoms with E-state index in [1.807, 2.05) is 11.0 Å². The van der Waals surface area contributed by atoms with Crippen molar-refractivity contribution in [3.8, 4) is 6.07 Å². The molecule has 0 aromatic carbocycles. The molecule has 0 radical (unpaired) electrons. The van der Waals surface area contributed by atoms with E-state index in [0.717, 1.165) is 25.9 Å². The second-order valence-electron chi connectivity index (χ2n) is 3.45. The molecular weight excluding hydrogens is 178 g/mol. The molecule has 1 aliphatic heterocycles. The van der Waals surface area contributed by atoms with E-state index in [1.165, 1.54) is 6.42 Å². The summed E-state index contributed by atoms with van der Waals surface area (Å²) in [6.45, 7) is 1.62. The van der Waals surface area contributed by atoms with Crippen LogP contribution in [0.15, 0.2) is 0 Å². The monoisotopic (exact) mass is 193 g/mol. The number of nitrogens with one attached hydrogen (secondary N) is 2. The molecule has 1 heterocycles. The quantitative estimate of drug-likeness (QED) is 0.440. The SMILES string of the molecule is N#CC(C(=N)N)C(=N)N1CCCCC1. The van der Waals surface area contributed by atoms with Crippen molar-refractivity contribution in [1.29, 1.82) is 16.1 Å². The van der Waals surface area contributed by atoms with E-state index in [1.54, 1.807) is 0 Å². The lowest BCUT2D eigenvalue weighted by Crippen LogP contribution is -2.43. The molecule has 1 aliphatic rings. The van der Waals surface area contributed by atoms with Crippen LogP contribution in [0, 0.1) is 28.1 Å². The molecule has 76 valence electrons. The van der Waals surface area contributed by atoms with Crippen LogP contribution in [0.4, 0.5) is 0 Å². The van der Waals surface area contributed by atoms with Gasteiger partial charge in [-0.05, 0) is 19.3 Å². The van der Waals surface area contributed by atoms with E-state index in [-0.39, 0.29) is 11.7 Å². The van der Waals surface area contributed by atoms with Gasteiger partial charge in [0.1, 0.15) is 11.7 Å². The predicted octanol–water partition coefficient (Wildman–Crippen LogP) is 0.525. The Labute approximate surface area is 83.5 Å². The van der Waals surface area contributed by atoms with E-state index in [2.05, 4.69) is 0 Å². The number of nitrogens with zero attached hydrogens (tertiary/aromatic N) is 2. The van der Waals surface area contributed by atoms with Crippen molar-refractivity contribution in [1.82, 2.24) is 4.90 Å². The largest absolute Gasteiger partial charge is 0.386 e. The maximum atomic E-state index is 8.76. The summed E-state index contributed by atoms with van der Waals surface area (Å²) in [6.07, 6.45) is 3.29. The summed E-state index contributed by atoms with van der Waals surface area (Å²) in [7, 11) is 0. The first kappa shape index (κ1) is 10.5. The van der Waals surface area contributed by atoms with Crippen molar-refractivity contribution in [2.24, 2.45) is 11.7 Å². The average Bonchev–Trinajstić information content (AvgIpc) is 2.19. The van der Waals surface area contributed by atoms with E-state index in [4.69, 9.17) is 21.8 Å². The Morgan fingerprint density at radius 1 is 1.29 bits per heavy atom. The van der Waals surface area contributed by atoms with Crippen molar-refractivity contribution in [2.45, 2.75) is 19.3 Å². The molecule has 0 aromatic rings. The van der Waals surface area contributed by atoms with Gasteiger partial charge in [0.25, 0.3) is 0 Å². The van der Waals surface area contributed by atoms with Gasteiger partial charge in [0.15, 0.2) is 5.92 Å². The first-order valence-electron chi connectivity index (χ1n) is 4.73. The number of nitrogens with two attached hydrogens (primary N) is 1. The number of piperidine rings is 1. The van der Waals surface area contributed by atoms with E-state index < -0.39 is 5.92 Å². The Morgan fingerprint density at radius 2 is 1.86 bits per heavy atom. The molecule has 0 aliphatic carbocycles. The van der Waals surface area contributed by atoms with E-state index in [0.29, 0.717) is 0 Å². The number of rotatable bonds is 2. The van der Waals surface area contributed by atoms with Crippen LogP contribution in [0.2, 0.25) is 0 Å². The molecule has 0 aromatic heterocycles. The number of amidine groups is 2. The second kappa shape index (κ2) is 4.61. The highest BCUT2D eigenvalue weighted by molar-refractivity contribution is 6.04. The molecule has 14 heavy (non-hydrogen) atoms. The van der Waals surface area contributed by atoms with Gasteiger partial charge in [-0.1, -0.05) is 0 Å². The fraction of sp³-hybridized carbons (Fsp3) is 0.667. The number of nitriles is 1. The van der Waals surface area contributed by atoms with Gasteiger partial charge < -0.3 is 10.6 Å². The van der Waals surface area contributed by atoms with Gasteiger partial charge >= 0.3 is 0 Å². The summed E-state index contributed by atoms with van der Waals surface area (Å²) in [5, 5.41) is 23.7. The molecule has 1 fully saturated rings. The first-order valence-corrected chi connectivity index (χ1v) is 4.73. The standard InChI is InChI=1S/C9H15N5/c10-6-7(8(11)12)9(13)14-4-2-1-3-5-14/h7,13H,1-5H2,(H3,11,12). The Kier molecular flexibility index (Phi) is 3.46. The van der Waals surface area contributed by atoms with Gasteiger partial charge in [-0.3, -0.25) is 10.8 Å². The Hall–Kier alpha value is -1.57. The molecule has 5 heteroatoms. The fourth-order valence-electron chi connectivity index (χ4n) is 1.60. The fourth-order valence-corrected chi connectivity index (χ4v) is 1.60. The Balaban J connectivity index is 2.62. The van der Waals surface area contributed by atoms with Gasteiger partial charge in [0, 0.05) is 13.1 Å². The second-order valence-corrected chi connectivity index (χ2v) is 3.45. The Morgan fingerprint density at radius 3 is 2.29 bits per heavy atom. The van der Waals surface area contributed by atoms with E-state index >= 15 is 0 Å². The van der Waals surface area contributed by atoms with Crippen LogP contribution in [-0.4, -0.2) is 29.7 Å².